The molecule has 0 fully saturated rings. The van der Waals surface area contributed by atoms with Gasteiger partial charge in [0.15, 0.2) is 0 Å². The van der Waals surface area contributed by atoms with Gasteiger partial charge in [0.05, 0.1) is 6.54 Å². The predicted molar refractivity (Wildman–Crippen MR) is 92.8 cm³/mol. The number of amides is 1. The van der Waals surface area contributed by atoms with Crippen molar-refractivity contribution in [1.29, 1.82) is 0 Å². The number of hydrogen-bond acceptors (Lipinski definition) is 4. The summed E-state index contributed by atoms with van der Waals surface area (Å²) in [7, 11) is 0. The molecule has 0 aliphatic carbocycles. The molecule has 23 heavy (non-hydrogen) atoms. The predicted octanol–water partition coefficient (Wildman–Crippen LogP) is 3.61. The van der Waals surface area contributed by atoms with E-state index < -0.39 is 5.60 Å². The van der Waals surface area contributed by atoms with E-state index in [0.717, 1.165) is 24.2 Å². The Morgan fingerprint density at radius 1 is 1.35 bits per heavy atom. The van der Waals surface area contributed by atoms with Crippen LogP contribution in [0.1, 0.15) is 46.6 Å². The number of nitrogens with one attached hydrogen (secondary N) is 1. The molecule has 126 valence electrons. The van der Waals surface area contributed by atoms with Crippen LogP contribution >= 0.6 is 11.3 Å². The van der Waals surface area contributed by atoms with Crippen molar-refractivity contribution in [1.82, 2.24) is 5.32 Å². The van der Waals surface area contributed by atoms with Crippen molar-refractivity contribution in [2.45, 2.75) is 52.6 Å². The first-order valence-electron chi connectivity index (χ1n) is 7.90. The highest BCUT2D eigenvalue weighted by molar-refractivity contribution is 7.11. The lowest BCUT2D eigenvalue weighted by Gasteiger charge is -2.23. The normalized spacial score (nSPS) is 13.8. The molecule has 1 amide bonds. The van der Waals surface area contributed by atoms with E-state index >= 15 is 0 Å². The van der Waals surface area contributed by atoms with Crippen molar-refractivity contribution in [3.8, 4) is 0 Å². The summed E-state index contributed by atoms with van der Waals surface area (Å²) >= 11 is 1.78. The molecule has 0 saturated carbocycles. The van der Waals surface area contributed by atoms with Crippen LogP contribution in [0, 0.1) is 20.8 Å². The lowest BCUT2D eigenvalue weighted by atomic mass is 9.96. The van der Waals surface area contributed by atoms with E-state index in [4.69, 9.17) is 4.42 Å². The van der Waals surface area contributed by atoms with Crippen LogP contribution in [0.4, 0.5) is 0 Å². The Kier molecular flexibility index (Phi) is 5.65. The number of thiophene rings is 1. The fourth-order valence-corrected chi connectivity index (χ4v) is 3.59. The molecule has 5 heteroatoms. The Morgan fingerprint density at radius 3 is 2.65 bits per heavy atom. The van der Waals surface area contributed by atoms with Crippen LogP contribution in [-0.2, 0) is 16.8 Å². The molecule has 2 aromatic rings. The largest absolute Gasteiger partial charge is 0.466 e. The third kappa shape index (κ3) is 4.94. The van der Waals surface area contributed by atoms with Crippen LogP contribution in [-0.4, -0.2) is 17.6 Å². The van der Waals surface area contributed by atoms with Gasteiger partial charge in [-0.05, 0) is 58.7 Å². The van der Waals surface area contributed by atoms with Gasteiger partial charge < -0.3 is 14.8 Å². The molecule has 0 spiro atoms. The van der Waals surface area contributed by atoms with Gasteiger partial charge in [0.2, 0.25) is 5.91 Å². The average Bonchev–Trinajstić information content (AvgIpc) is 3.02. The van der Waals surface area contributed by atoms with E-state index in [2.05, 4.69) is 24.4 Å². The zero-order valence-corrected chi connectivity index (χ0v) is 15.0. The Morgan fingerprint density at radius 2 is 2.09 bits per heavy atom. The molecule has 2 aromatic heterocycles. The molecule has 2 heterocycles. The molecule has 4 nitrogen and oxygen atoms in total. The van der Waals surface area contributed by atoms with Gasteiger partial charge in [0.25, 0.3) is 0 Å². The SMILES string of the molecule is Cc1cc(C(C)(O)CNC(=O)CCCc2ccc(C)s2)c(C)o1. The van der Waals surface area contributed by atoms with Crippen molar-refractivity contribution in [3.05, 3.63) is 45.0 Å². The smallest absolute Gasteiger partial charge is 0.220 e. The van der Waals surface area contributed by atoms with Crippen molar-refractivity contribution < 1.29 is 14.3 Å². The van der Waals surface area contributed by atoms with Gasteiger partial charge in [-0.2, -0.15) is 0 Å². The van der Waals surface area contributed by atoms with Gasteiger partial charge in [0, 0.05) is 21.7 Å². The van der Waals surface area contributed by atoms with Crippen molar-refractivity contribution in [2.24, 2.45) is 0 Å². The number of carbonyl (C=O) groups excluding carboxylic acids is 1. The molecule has 0 bridgehead atoms. The molecule has 0 saturated heterocycles. The monoisotopic (exact) mass is 335 g/mol. The summed E-state index contributed by atoms with van der Waals surface area (Å²) in [5.41, 5.74) is -0.396. The zero-order valence-electron chi connectivity index (χ0n) is 14.2. The van der Waals surface area contributed by atoms with Crippen LogP contribution in [0.3, 0.4) is 0 Å². The van der Waals surface area contributed by atoms with Gasteiger partial charge >= 0.3 is 0 Å². The van der Waals surface area contributed by atoms with E-state index in [1.54, 1.807) is 18.3 Å². The van der Waals surface area contributed by atoms with E-state index in [1.807, 2.05) is 19.9 Å². The number of furan rings is 1. The maximum absolute atomic E-state index is 12.0. The van der Waals surface area contributed by atoms with Crippen LogP contribution in [0.15, 0.2) is 22.6 Å². The Balaban J connectivity index is 1.78. The minimum atomic E-state index is -1.12. The fourth-order valence-electron chi connectivity index (χ4n) is 2.66. The Hall–Kier alpha value is -1.59. The average molecular weight is 335 g/mol. The number of carbonyl (C=O) groups is 1. The second-order valence-electron chi connectivity index (χ2n) is 6.24. The van der Waals surface area contributed by atoms with Crippen LogP contribution in [0.5, 0.6) is 0 Å². The van der Waals surface area contributed by atoms with Gasteiger partial charge in [-0.1, -0.05) is 0 Å². The summed E-state index contributed by atoms with van der Waals surface area (Å²) in [5.74, 6) is 1.42. The second-order valence-corrected chi connectivity index (χ2v) is 7.62. The van der Waals surface area contributed by atoms with Crippen molar-refractivity contribution in [3.63, 3.8) is 0 Å². The second kappa shape index (κ2) is 7.32. The molecule has 0 aliphatic rings. The number of rotatable bonds is 7. The Bertz CT molecular complexity index is 670. The quantitative estimate of drug-likeness (QED) is 0.812. The van der Waals surface area contributed by atoms with E-state index in [0.29, 0.717) is 12.2 Å². The lowest BCUT2D eigenvalue weighted by molar-refractivity contribution is -0.122. The fraction of sp³-hybridized carbons (Fsp3) is 0.500. The van der Waals surface area contributed by atoms with Crippen LogP contribution in [0.2, 0.25) is 0 Å². The molecule has 1 unspecified atom stereocenters. The molecule has 2 rings (SSSR count). The summed E-state index contributed by atoms with van der Waals surface area (Å²) in [5, 5.41) is 13.4. The minimum Gasteiger partial charge on any atom is -0.466 e. The zero-order chi connectivity index (χ0) is 17.0. The Labute approximate surface area is 141 Å². The third-order valence-corrected chi connectivity index (χ3v) is 4.93. The number of hydrogen-bond donors (Lipinski definition) is 2. The van der Waals surface area contributed by atoms with E-state index in [1.165, 1.54) is 9.75 Å². The maximum Gasteiger partial charge on any atom is 0.220 e. The van der Waals surface area contributed by atoms with E-state index in [9.17, 15) is 9.90 Å². The van der Waals surface area contributed by atoms with Gasteiger partial charge in [-0.15, -0.1) is 11.3 Å². The highest BCUT2D eigenvalue weighted by atomic mass is 32.1. The molecule has 0 radical (unpaired) electrons. The highest BCUT2D eigenvalue weighted by Gasteiger charge is 2.28. The highest BCUT2D eigenvalue weighted by Crippen LogP contribution is 2.26. The molecular weight excluding hydrogens is 310 g/mol. The number of aliphatic hydroxyl groups is 1. The summed E-state index contributed by atoms with van der Waals surface area (Å²) in [6, 6.07) is 6.04. The lowest BCUT2D eigenvalue weighted by Crippen LogP contribution is -2.38. The first-order chi connectivity index (χ1) is 10.8. The molecule has 0 aromatic carbocycles. The molecule has 2 N–H and O–H groups in total. The topological polar surface area (TPSA) is 62.5 Å². The van der Waals surface area contributed by atoms with Gasteiger partial charge in [-0.25, -0.2) is 0 Å². The molecular formula is C18H25NO3S. The third-order valence-electron chi connectivity index (χ3n) is 3.87. The summed E-state index contributed by atoms with van der Waals surface area (Å²) < 4.78 is 5.45. The van der Waals surface area contributed by atoms with E-state index in [-0.39, 0.29) is 12.5 Å². The standard InChI is InChI=1S/C18H25NO3S/c1-12-10-16(14(3)22-12)18(4,21)11-19-17(20)7-5-6-15-9-8-13(2)23-15/h8-10,21H,5-7,11H2,1-4H3,(H,19,20). The van der Waals surface area contributed by atoms with Crippen LogP contribution < -0.4 is 5.32 Å². The first-order valence-corrected chi connectivity index (χ1v) is 8.71. The summed E-state index contributed by atoms with van der Waals surface area (Å²) in [6.45, 7) is 7.63. The summed E-state index contributed by atoms with van der Waals surface area (Å²) in [4.78, 5) is 14.6. The molecule has 0 aliphatic heterocycles. The number of aryl methyl sites for hydroxylation is 4. The van der Waals surface area contributed by atoms with Crippen molar-refractivity contribution >= 4 is 17.2 Å². The van der Waals surface area contributed by atoms with Crippen LogP contribution in [0.25, 0.3) is 0 Å². The minimum absolute atomic E-state index is 0.0311. The first kappa shape index (κ1) is 17.8. The summed E-state index contributed by atoms with van der Waals surface area (Å²) in [6.07, 6.45) is 2.20. The van der Waals surface area contributed by atoms with Gasteiger partial charge in [-0.3, -0.25) is 4.79 Å². The van der Waals surface area contributed by atoms with Gasteiger partial charge in [0.1, 0.15) is 17.1 Å². The molecule has 1 atom stereocenters. The maximum atomic E-state index is 12.0. The van der Waals surface area contributed by atoms with Crippen molar-refractivity contribution in [2.75, 3.05) is 6.54 Å².